The summed E-state index contributed by atoms with van der Waals surface area (Å²) in [6.07, 6.45) is 1.73. The number of nitro benzene ring substituents is 1. The predicted molar refractivity (Wildman–Crippen MR) is 73.0 cm³/mol. The molecule has 0 amide bonds. The lowest BCUT2D eigenvalue weighted by Gasteiger charge is -1.95. The number of nitro groups is 1. The van der Waals surface area contributed by atoms with E-state index in [1.54, 1.807) is 18.3 Å². The molecule has 0 saturated carbocycles. The van der Waals surface area contributed by atoms with Crippen molar-refractivity contribution in [3.05, 3.63) is 70.3 Å². The van der Waals surface area contributed by atoms with Crippen LogP contribution in [0.25, 0.3) is 0 Å². The number of benzene rings is 2. The monoisotopic (exact) mass is 258 g/mol. The SMILES string of the molecule is O=[N+]([O-])c1cccc(S/N=C/c2ccccc2)c1. The fourth-order valence-electron chi connectivity index (χ4n) is 1.34. The topological polar surface area (TPSA) is 55.5 Å². The second-order valence-electron chi connectivity index (χ2n) is 3.49. The molecule has 0 bridgehead atoms. The fraction of sp³-hybridized carbons (Fsp3) is 0. The van der Waals surface area contributed by atoms with Crippen LogP contribution in [0.3, 0.4) is 0 Å². The molecule has 18 heavy (non-hydrogen) atoms. The zero-order valence-corrected chi connectivity index (χ0v) is 10.2. The third kappa shape index (κ3) is 3.43. The van der Waals surface area contributed by atoms with Crippen LogP contribution < -0.4 is 0 Å². The Hall–Kier alpha value is -2.14. The summed E-state index contributed by atoms with van der Waals surface area (Å²) in [6.45, 7) is 0. The van der Waals surface area contributed by atoms with Gasteiger partial charge in [-0.25, -0.2) is 4.40 Å². The molecule has 2 aromatic rings. The summed E-state index contributed by atoms with van der Waals surface area (Å²) in [6, 6.07) is 16.1. The average Bonchev–Trinajstić information content (AvgIpc) is 2.40. The van der Waals surface area contributed by atoms with Gasteiger partial charge in [0.15, 0.2) is 0 Å². The quantitative estimate of drug-likeness (QED) is 0.363. The zero-order valence-electron chi connectivity index (χ0n) is 9.39. The van der Waals surface area contributed by atoms with E-state index in [1.165, 1.54) is 24.1 Å². The van der Waals surface area contributed by atoms with Gasteiger partial charge in [-0.05, 0) is 11.6 Å². The van der Waals surface area contributed by atoms with Crippen LogP contribution in [0, 0.1) is 10.1 Å². The highest BCUT2D eigenvalue weighted by Crippen LogP contribution is 2.23. The number of hydrogen-bond acceptors (Lipinski definition) is 4. The van der Waals surface area contributed by atoms with Crippen molar-refractivity contribution in [1.29, 1.82) is 0 Å². The van der Waals surface area contributed by atoms with E-state index < -0.39 is 4.92 Å². The summed E-state index contributed by atoms with van der Waals surface area (Å²) < 4.78 is 4.18. The first-order chi connectivity index (χ1) is 8.75. The van der Waals surface area contributed by atoms with E-state index in [9.17, 15) is 10.1 Å². The maximum atomic E-state index is 10.6. The highest BCUT2D eigenvalue weighted by Gasteiger charge is 2.05. The van der Waals surface area contributed by atoms with E-state index in [-0.39, 0.29) is 5.69 Å². The van der Waals surface area contributed by atoms with Crippen molar-refractivity contribution in [3.63, 3.8) is 0 Å². The van der Waals surface area contributed by atoms with Crippen molar-refractivity contribution in [1.82, 2.24) is 0 Å². The lowest BCUT2D eigenvalue weighted by atomic mass is 10.2. The predicted octanol–water partition coefficient (Wildman–Crippen LogP) is 3.72. The molecule has 0 fully saturated rings. The van der Waals surface area contributed by atoms with Crippen LogP contribution in [0.5, 0.6) is 0 Å². The minimum Gasteiger partial charge on any atom is -0.258 e. The van der Waals surface area contributed by atoms with Gasteiger partial charge in [-0.3, -0.25) is 10.1 Å². The second-order valence-corrected chi connectivity index (χ2v) is 4.36. The van der Waals surface area contributed by atoms with Gasteiger partial charge in [0.25, 0.3) is 5.69 Å². The van der Waals surface area contributed by atoms with Crippen molar-refractivity contribution in [2.24, 2.45) is 4.40 Å². The van der Waals surface area contributed by atoms with Gasteiger partial charge in [0, 0.05) is 35.2 Å². The molecular weight excluding hydrogens is 248 g/mol. The molecule has 0 spiro atoms. The lowest BCUT2D eigenvalue weighted by molar-refractivity contribution is -0.385. The molecule has 5 heteroatoms. The van der Waals surface area contributed by atoms with Crippen molar-refractivity contribution in [2.75, 3.05) is 0 Å². The molecule has 0 aliphatic carbocycles. The van der Waals surface area contributed by atoms with E-state index >= 15 is 0 Å². The van der Waals surface area contributed by atoms with Crippen molar-refractivity contribution in [3.8, 4) is 0 Å². The Morgan fingerprint density at radius 2 is 1.89 bits per heavy atom. The molecular formula is C13H10N2O2S. The number of hydrogen-bond donors (Lipinski definition) is 0. The largest absolute Gasteiger partial charge is 0.270 e. The van der Waals surface area contributed by atoms with Crippen LogP contribution in [-0.2, 0) is 0 Å². The first-order valence-electron chi connectivity index (χ1n) is 5.25. The van der Waals surface area contributed by atoms with Crippen LogP contribution in [0.15, 0.2) is 63.9 Å². The fourth-order valence-corrected chi connectivity index (χ4v) is 1.95. The molecule has 0 N–H and O–H groups in total. The molecule has 0 atom stereocenters. The van der Waals surface area contributed by atoms with Gasteiger partial charge >= 0.3 is 0 Å². The molecule has 2 rings (SSSR count). The van der Waals surface area contributed by atoms with Crippen molar-refractivity contribution >= 4 is 23.8 Å². The van der Waals surface area contributed by atoms with Crippen LogP contribution in [0.2, 0.25) is 0 Å². The molecule has 2 aromatic carbocycles. The normalized spacial score (nSPS) is 10.7. The molecule has 0 aromatic heterocycles. The average molecular weight is 258 g/mol. The Labute approximate surface area is 109 Å². The standard InChI is InChI=1S/C13H10N2O2S/c16-15(17)12-7-4-8-13(9-12)18-14-10-11-5-2-1-3-6-11/h1-10H/b14-10+. The molecule has 0 heterocycles. The zero-order chi connectivity index (χ0) is 12.8. The van der Waals surface area contributed by atoms with Crippen LogP contribution >= 0.6 is 11.9 Å². The van der Waals surface area contributed by atoms with E-state index in [4.69, 9.17) is 0 Å². The maximum absolute atomic E-state index is 10.6. The number of rotatable bonds is 4. The first kappa shape index (κ1) is 12.3. The number of non-ortho nitro benzene ring substituents is 1. The summed E-state index contributed by atoms with van der Waals surface area (Å²) >= 11 is 1.21. The van der Waals surface area contributed by atoms with Crippen LogP contribution in [0.4, 0.5) is 5.69 Å². The summed E-state index contributed by atoms with van der Waals surface area (Å²) in [5.74, 6) is 0. The van der Waals surface area contributed by atoms with E-state index in [0.29, 0.717) is 0 Å². The molecule has 0 saturated heterocycles. The van der Waals surface area contributed by atoms with Gasteiger partial charge in [-0.15, -0.1) is 0 Å². The Kier molecular flexibility index (Phi) is 4.09. The van der Waals surface area contributed by atoms with Gasteiger partial charge < -0.3 is 0 Å². The number of nitrogens with zero attached hydrogens (tertiary/aromatic N) is 2. The molecule has 0 radical (unpaired) electrons. The Morgan fingerprint density at radius 3 is 2.61 bits per heavy atom. The maximum Gasteiger partial charge on any atom is 0.270 e. The van der Waals surface area contributed by atoms with Crippen LogP contribution in [-0.4, -0.2) is 11.1 Å². The van der Waals surface area contributed by atoms with E-state index in [2.05, 4.69) is 4.40 Å². The highest BCUT2D eigenvalue weighted by atomic mass is 32.2. The van der Waals surface area contributed by atoms with Gasteiger partial charge in [0.05, 0.1) is 4.92 Å². The smallest absolute Gasteiger partial charge is 0.258 e. The molecule has 0 aliphatic heterocycles. The minimum absolute atomic E-state index is 0.0786. The lowest BCUT2D eigenvalue weighted by Crippen LogP contribution is -1.86. The van der Waals surface area contributed by atoms with E-state index in [0.717, 1.165) is 10.5 Å². The second kappa shape index (κ2) is 5.97. The Balaban J connectivity index is 2.04. The van der Waals surface area contributed by atoms with Gasteiger partial charge in [0.2, 0.25) is 0 Å². The van der Waals surface area contributed by atoms with Crippen LogP contribution in [0.1, 0.15) is 5.56 Å². The minimum atomic E-state index is -0.412. The Bertz CT molecular complexity index is 570. The third-order valence-corrected chi connectivity index (χ3v) is 2.86. The summed E-state index contributed by atoms with van der Waals surface area (Å²) in [7, 11) is 0. The highest BCUT2D eigenvalue weighted by molar-refractivity contribution is 7.98. The van der Waals surface area contributed by atoms with Gasteiger partial charge in [-0.1, -0.05) is 36.4 Å². The summed E-state index contributed by atoms with van der Waals surface area (Å²) in [5, 5.41) is 10.6. The van der Waals surface area contributed by atoms with Crippen molar-refractivity contribution in [2.45, 2.75) is 4.90 Å². The summed E-state index contributed by atoms with van der Waals surface area (Å²) in [4.78, 5) is 10.9. The molecule has 4 nitrogen and oxygen atoms in total. The van der Waals surface area contributed by atoms with E-state index in [1.807, 2.05) is 30.3 Å². The molecule has 0 unspecified atom stereocenters. The summed E-state index contributed by atoms with van der Waals surface area (Å²) in [5.41, 5.74) is 1.07. The Morgan fingerprint density at radius 1 is 1.11 bits per heavy atom. The van der Waals surface area contributed by atoms with Gasteiger partial charge in [-0.2, -0.15) is 0 Å². The van der Waals surface area contributed by atoms with Crippen molar-refractivity contribution < 1.29 is 4.92 Å². The molecule has 90 valence electrons. The molecule has 0 aliphatic rings. The van der Waals surface area contributed by atoms with Gasteiger partial charge in [0.1, 0.15) is 0 Å². The third-order valence-electron chi connectivity index (χ3n) is 2.19. The first-order valence-corrected chi connectivity index (χ1v) is 6.03.